The molecule has 1 aliphatic rings. The van der Waals surface area contributed by atoms with Gasteiger partial charge in [-0.05, 0) is 97.5 Å². The van der Waals surface area contributed by atoms with Crippen molar-refractivity contribution >= 4 is 58.1 Å². The second-order valence-electron chi connectivity index (χ2n) is 12.5. The van der Waals surface area contributed by atoms with Crippen molar-refractivity contribution in [3.63, 3.8) is 0 Å². The van der Waals surface area contributed by atoms with Crippen molar-refractivity contribution in [1.29, 1.82) is 0 Å². The molecule has 4 amide bonds. The summed E-state index contributed by atoms with van der Waals surface area (Å²) in [7, 11) is 0. The Morgan fingerprint density at radius 1 is 0.827 bits per heavy atom. The van der Waals surface area contributed by atoms with E-state index >= 15 is 0 Å². The maximum atomic E-state index is 13.7. The molecule has 5 rings (SSSR count). The molecule has 1 fully saturated rings. The van der Waals surface area contributed by atoms with E-state index in [1.165, 1.54) is 6.07 Å². The zero-order valence-corrected chi connectivity index (χ0v) is 29.7. The molecule has 3 aromatic carbocycles. The van der Waals surface area contributed by atoms with Crippen LogP contribution < -0.4 is 32.6 Å². The third kappa shape index (κ3) is 11.1. The number of nitrogens with two attached hydrogens (primary N) is 1. The minimum absolute atomic E-state index is 0.0428. The first kappa shape index (κ1) is 37.9. The van der Waals surface area contributed by atoms with Gasteiger partial charge < -0.3 is 35.6 Å². The van der Waals surface area contributed by atoms with E-state index in [1.54, 1.807) is 61.2 Å². The number of rotatable bonds is 14. The molecule has 274 valence electrons. The van der Waals surface area contributed by atoms with Crippen LogP contribution in [0.1, 0.15) is 42.4 Å². The summed E-state index contributed by atoms with van der Waals surface area (Å²) in [5, 5.41) is 11.8. The first-order valence-electron chi connectivity index (χ1n) is 17.1. The van der Waals surface area contributed by atoms with E-state index in [0.29, 0.717) is 41.9 Å². The Balaban J connectivity index is 1.15. The number of alkyl carbamates (subject to hydrolysis) is 1. The molecule has 1 aliphatic heterocycles. The molecular weight excluding hydrogens is 687 g/mol. The number of thioether (sulfide) groups is 1. The highest BCUT2D eigenvalue weighted by atomic mass is 32.2. The number of hydrogen-bond acceptors (Lipinski definition) is 10. The Hall–Kier alpha value is -5.34. The summed E-state index contributed by atoms with van der Waals surface area (Å²) in [5.74, 6) is 0.724. The maximum absolute atomic E-state index is 13.7. The average Bonchev–Trinajstić information content (AvgIpc) is 3.14. The second kappa shape index (κ2) is 18.8. The minimum atomic E-state index is -0.905. The summed E-state index contributed by atoms with van der Waals surface area (Å²) >= 11 is 1.80. The van der Waals surface area contributed by atoms with Gasteiger partial charge in [-0.3, -0.25) is 14.9 Å². The van der Waals surface area contributed by atoms with Crippen LogP contribution in [0.5, 0.6) is 0 Å². The number of carbonyl (C=O) groups is 4. The van der Waals surface area contributed by atoms with Gasteiger partial charge in [-0.1, -0.05) is 42.5 Å². The lowest BCUT2D eigenvalue weighted by molar-refractivity contribution is -0.129. The first-order valence-corrected chi connectivity index (χ1v) is 18.3. The molecule has 13 nitrogen and oxygen atoms in total. The van der Waals surface area contributed by atoms with Crippen LogP contribution in [0.15, 0.2) is 88.1 Å². The molecule has 0 unspecified atom stereocenters. The molecule has 1 saturated heterocycles. The molecule has 4 aromatic rings. The lowest BCUT2D eigenvalue weighted by atomic mass is 9.92. The SMILES string of the molecule is Cc1cc(=O)oc2cc(NC(=O)OCc3ccc(NC(=O)[C@H](CCCN)NC(=O)[C@@H](NC(=O)OCc4ccccc4)C4CCSCC4)cc3)ccc12. The molecule has 6 N–H and O–H groups in total. The molecule has 0 saturated carbocycles. The predicted molar refractivity (Wildman–Crippen MR) is 200 cm³/mol. The van der Waals surface area contributed by atoms with Gasteiger partial charge in [-0.2, -0.15) is 11.8 Å². The number of hydrogen-bond donors (Lipinski definition) is 5. The Kier molecular flexibility index (Phi) is 13.7. The van der Waals surface area contributed by atoms with Gasteiger partial charge in [0.15, 0.2) is 0 Å². The fourth-order valence-electron chi connectivity index (χ4n) is 5.81. The van der Waals surface area contributed by atoms with Gasteiger partial charge in [0.2, 0.25) is 11.8 Å². The summed E-state index contributed by atoms with van der Waals surface area (Å²) in [5.41, 5.74) is 8.76. The van der Waals surface area contributed by atoms with Crippen molar-refractivity contribution in [3.05, 3.63) is 106 Å². The fourth-order valence-corrected chi connectivity index (χ4v) is 6.95. The van der Waals surface area contributed by atoms with Gasteiger partial charge in [0, 0.05) is 28.9 Å². The first-order chi connectivity index (χ1) is 25.2. The number of carbonyl (C=O) groups excluding carboxylic acids is 4. The zero-order chi connectivity index (χ0) is 36.9. The van der Waals surface area contributed by atoms with E-state index in [9.17, 15) is 24.0 Å². The van der Waals surface area contributed by atoms with Crippen molar-refractivity contribution < 1.29 is 33.1 Å². The van der Waals surface area contributed by atoms with Crippen LogP contribution >= 0.6 is 11.8 Å². The topological polar surface area (TPSA) is 191 Å². The highest BCUT2D eigenvalue weighted by Crippen LogP contribution is 2.26. The van der Waals surface area contributed by atoms with E-state index < -0.39 is 41.7 Å². The molecular formula is C38H43N5O8S. The van der Waals surface area contributed by atoms with Gasteiger partial charge in [-0.25, -0.2) is 14.4 Å². The molecule has 0 aliphatic carbocycles. The smallest absolute Gasteiger partial charge is 0.411 e. The number of fused-ring (bicyclic) bond motifs is 1. The highest BCUT2D eigenvalue weighted by molar-refractivity contribution is 7.99. The number of benzene rings is 3. The van der Waals surface area contributed by atoms with Crippen LogP contribution in [-0.4, -0.2) is 54.1 Å². The van der Waals surface area contributed by atoms with Crippen LogP contribution in [0.2, 0.25) is 0 Å². The average molecular weight is 730 g/mol. The normalized spacial score (nSPS) is 14.1. The Morgan fingerprint density at radius 3 is 2.21 bits per heavy atom. The Morgan fingerprint density at radius 2 is 1.50 bits per heavy atom. The van der Waals surface area contributed by atoms with Gasteiger partial charge in [0.05, 0.1) is 0 Å². The predicted octanol–water partition coefficient (Wildman–Crippen LogP) is 5.45. The summed E-state index contributed by atoms with van der Waals surface area (Å²) in [6.07, 6.45) is 0.856. The Labute approximate surface area is 305 Å². The van der Waals surface area contributed by atoms with E-state index in [-0.39, 0.29) is 19.1 Å². The van der Waals surface area contributed by atoms with Crippen LogP contribution in [0.25, 0.3) is 11.0 Å². The molecule has 0 spiro atoms. The quantitative estimate of drug-likeness (QED) is 0.104. The lowest BCUT2D eigenvalue weighted by Crippen LogP contribution is -2.55. The monoisotopic (exact) mass is 729 g/mol. The summed E-state index contributed by atoms with van der Waals surface area (Å²) < 4.78 is 16.0. The van der Waals surface area contributed by atoms with Crippen molar-refractivity contribution in [2.45, 2.75) is 57.9 Å². The third-order valence-electron chi connectivity index (χ3n) is 8.63. The maximum Gasteiger partial charge on any atom is 0.411 e. The van der Waals surface area contributed by atoms with E-state index in [0.717, 1.165) is 40.9 Å². The molecule has 1 aromatic heterocycles. The number of aryl methyl sites for hydroxylation is 1. The zero-order valence-electron chi connectivity index (χ0n) is 28.9. The number of amides is 4. The van der Waals surface area contributed by atoms with E-state index in [2.05, 4.69) is 21.3 Å². The lowest BCUT2D eigenvalue weighted by Gasteiger charge is -2.31. The summed E-state index contributed by atoms with van der Waals surface area (Å²) in [6, 6.07) is 20.6. The van der Waals surface area contributed by atoms with Crippen molar-refractivity contribution in [2.75, 3.05) is 28.7 Å². The summed E-state index contributed by atoms with van der Waals surface area (Å²) in [6.45, 7) is 2.15. The van der Waals surface area contributed by atoms with Crippen LogP contribution in [0.3, 0.4) is 0 Å². The molecule has 2 heterocycles. The van der Waals surface area contributed by atoms with Crippen molar-refractivity contribution in [1.82, 2.24) is 10.6 Å². The van der Waals surface area contributed by atoms with E-state index in [1.807, 2.05) is 30.3 Å². The molecule has 0 bridgehead atoms. The molecule has 14 heteroatoms. The highest BCUT2D eigenvalue weighted by Gasteiger charge is 2.34. The van der Waals surface area contributed by atoms with Gasteiger partial charge in [-0.15, -0.1) is 0 Å². The Bertz CT molecular complexity index is 1900. The molecule has 2 atom stereocenters. The largest absolute Gasteiger partial charge is 0.445 e. The fraction of sp³-hybridized carbons (Fsp3) is 0.342. The van der Waals surface area contributed by atoms with E-state index in [4.69, 9.17) is 19.6 Å². The van der Waals surface area contributed by atoms with Gasteiger partial charge in [0.1, 0.15) is 30.9 Å². The number of ether oxygens (including phenoxy) is 2. The second-order valence-corrected chi connectivity index (χ2v) is 13.7. The van der Waals surface area contributed by atoms with Gasteiger partial charge in [0.25, 0.3) is 0 Å². The van der Waals surface area contributed by atoms with Crippen molar-refractivity contribution in [3.8, 4) is 0 Å². The molecule has 0 radical (unpaired) electrons. The number of anilines is 2. The summed E-state index contributed by atoms with van der Waals surface area (Å²) in [4.78, 5) is 64.1. The van der Waals surface area contributed by atoms with Crippen LogP contribution in [0, 0.1) is 12.8 Å². The van der Waals surface area contributed by atoms with Gasteiger partial charge >= 0.3 is 17.8 Å². The molecule has 52 heavy (non-hydrogen) atoms. The minimum Gasteiger partial charge on any atom is -0.445 e. The standard InChI is InChI=1S/C38H43N5O8S/c1-24-20-33(44)51-32-21-29(13-14-30(24)32)41-37(47)49-23-26-9-11-28(12-10-26)40-35(45)31(8-5-17-39)42-36(46)34(27-15-18-52-19-16-27)43-38(48)50-22-25-6-3-2-4-7-25/h2-4,6-7,9-14,20-21,27,31,34H,5,8,15-19,22-23,39H2,1H3,(H,40,45)(H,41,47)(H,42,46)(H,43,48)/t31-,34-/m0/s1. The van der Waals surface area contributed by atoms with Crippen molar-refractivity contribution in [2.24, 2.45) is 11.7 Å². The van der Waals surface area contributed by atoms with Crippen LogP contribution in [0.4, 0.5) is 21.0 Å². The van der Waals surface area contributed by atoms with Crippen LogP contribution in [-0.2, 0) is 32.3 Å². The third-order valence-corrected chi connectivity index (χ3v) is 9.67. The number of nitrogens with one attached hydrogen (secondary N) is 4.